The zero-order chi connectivity index (χ0) is 19.3. The second-order valence-electron chi connectivity index (χ2n) is 5.62. The lowest BCUT2D eigenvalue weighted by molar-refractivity contribution is -0.115. The van der Waals surface area contributed by atoms with Gasteiger partial charge in [-0.15, -0.1) is 0 Å². The zero-order valence-corrected chi connectivity index (χ0v) is 15.9. The number of carbonyl (C=O) groups excluding carboxylic acids is 1. The summed E-state index contributed by atoms with van der Waals surface area (Å²) >= 11 is 5.91. The van der Waals surface area contributed by atoms with E-state index in [9.17, 15) is 13.2 Å². The van der Waals surface area contributed by atoms with E-state index in [1.54, 1.807) is 38.1 Å². The summed E-state index contributed by atoms with van der Waals surface area (Å²) in [5.74, 6) is -0.0933. The Hall–Kier alpha value is -2.40. The number of amides is 1. The van der Waals surface area contributed by atoms with Crippen molar-refractivity contribution in [1.29, 1.82) is 5.26 Å². The van der Waals surface area contributed by atoms with Gasteiger partial charge in [0.1, 0.15) is 6.07 Å². The molecule has 2 rings (SSSR count). The molecule has 0 radical (unpaired) electrons. The van der Waals surface area contributed by atoms with Crippen molar-refractivity contribution in [2.75, 3.05) is 5.32 Å². The average Bonchev–Trinajstić information content (AvgIpc) is 2.61. The highest BCUT2D eigenvalue weighted by molar-refractivity contribution is 7.89. The molecule has 1 atom stereocenters. The van der Waals surface area contributed by atoms with Gasteiger partial charge in [0.25, 0.3) is 0 Å². The Morgan fingerprint density at radius 3 is 2.42 bits per heavy atom. The largest absolute Gasteiger partial charge is 0.326 e. The number of sulfonamides is 1. The number of carbonyl (C=O) groups is 1. The average molecular weight is 392 g/mol. The standard InChI is InChI=1S/C18H18ClN3O3S/c1-3-18(23)21-15-7-4-13(5-8-15)12(2)22-26(24,25)16-9-6-14(11-20)17(19)10-16/h4-10,12,22H,3H2,1-2H3,(H,21,23). The van der Waals surface area contributed by atoms with Crippen LogP contribution in [-0.4, -0.2) is 14.3 Å². The molecule has 0 fully saturated rings. The Labute approximate surface area is 157 Å². The number of hydrogen-bond acceptors (Lipinski definition) is 4. The molecule has 0 spiro atoms. The minimum atomic E-state index is -3.80. The fraction of sp³-hybridized carbons (Fsp3) is 0.222. The van der Waals surface area contributed by atoms with Crippen LogP contribution in [0.4, 0.5) is 5.69 Å². The molecule has 0 saturated heterocycles. The summed E-state index contributed by atoms with van der Waals surface area (Å²) in [6.45, 7) is 3.47. The van der Waals surface area contributed by atoms with Crippen LogP contribution in [0.1, 0.15) is 37.4 Å². The van der Waals surface area contributed by atoms with Gasteiger partial charge in [-0.2, -0.15) is 5.26 Å². The van der Waals surface area contributed by atoms with Gasteiger partial charge in [-0.3, -0.25) is 4.79 Å². The Balaban J connectivity index is 2.15. The number of benzene rings is 2. The smallest absolute Gasteiger partial charge is 0.241 e. The monoisotopic (exact) mass is 391 g/mol. The van der Waals surface area contributed by atoms with Gasteiger partial charge >= 0.3 is 0 Å². The maximum absolute atomic E-state index is 12.5. The van der Waals surface area contributed by atoms with E-state index < -0.39 is 16.1 Å². The highest BCUT2D eigenvalue weighted by Crippen LogP contribution is 2.23. The van der Waals surface area contributed by atoms with Crippen molar-refractivity contribution in [3.63, 3.8) is 0 Å². The third-order valence-electron chi connectivity index (χ3n) is 3.72. The maximum atomic E-state index is 12.5. The van der Waals surface area contributed by atoms with E-state index in [2.05, 4.69) is 10.0 Å². The molecular formula is C18H18ClN3O3S. The third-order valence-corrected chi connectivity index (χ3v) is 5.57. The number of anilines is 1. The molecule has 2 N–H and O–H groups in total. The van der Waals surface area contributed by atoms with Crippen LogP contribution in [0.2, 0.25) is 5.02 Å². The van der Waals surface area contributed by atoms with Crippen molar-refractivity contribution in [3.8, 4) is 6.07 Å². The SMILES string of the molecule is CCC(=O)Nc1ccc(C(C)NS(=O)(=O)c2ccc(C#N)c(Cl)c2)cc1. The van der Waals surface area contributed by atoms with Crippen LogP contribution in [-0.2, 0) is 14.8 Å². The van der Waals surface area contributed by atoms with E-state index in [1.807, 2.05) is 6.07 Å². The fourth-order valence-corrected chi connectivity index (χ4v) is 3.77. The lowest BCUT2D eigenvalue weighted by Crippen LogP contribution is -2.27. The molecule has 0 aliphatic carbocycles. The summed E-state index contributed by atoms with van der Waals surface area (Å²) in [7, 11) is -3.80. The maximum Gasteiger partial charge on any atom is 0.241 e. The molecule has 0 aliphatic rings. The Morgan fingerprint density at radius 1 is 1.23 bits per heavy atom. The molecule has 1 amide bonds. The van der Waals surface area contributed by atoms with Crippen LogP contribution in [0, 0.1) is 11.3 Å². The minimum Gasteiger partial charge on any atom is -0.326 e. The summed E-state index contributed by atoms with van der Waals surface area (Å²) in [4.78, 5) is 11.4. The first-order valence-corrected chi connectivity index (χ1v) is 9.74. The Morgan fingerprint density at radius 2 is 1.88 bits per heavy atom. The van der Waals surface area contributed by atoms with E-state index in [0.717, 1.165) is 5.56 Å². The third kappa shape index (κ3) is 4.82. The first-order chi connectivity index (χ1) is 12.3. The summed E-state index contributed by atoms with van der Waals surface area (Å²) in [5, 5.41) is 11.7. The molecular weight excluding hydrogens is 374 g/mol. The molecule has 26 heavy (non-hydrogen) atoms. The predicted molar refractivity (Wildman–Crippen MR) is 100 cm³/mol. The lowest BCUT2D eigenvalue weighted by atomic mass is 10.1. The van der Waals surface area contributed by atoms with Crippen molar-refractivity contribution in [1.82, 2.24) is 4.72 Å². The molecule has 0 aromatic heterocycles. The van der Waals surface area contributed by atoms with Crippen LogP contribution in [0.25, 0.3) is 0 Å². The fourth-order valence-electron chi connectivity index (χ4n) is 2.23. The number of nitrogens with one attached hydrogen (secondary N) is 2. The van der Waals surface area contributed by atoms with Crippen molar-refractivity contribution in [3.05, 3.63) is 58.6 Å². The van der Waals surface area contributed by atoms with E-state index in [-0.39, 0.29) is 21.4 Å². The number of hydrogen-bond donors (Lipinski definition) is 2. The Bertz CT molecular complexity index is 951. The minimum absolute atomic E-state index is 0.0137. The van der Waals surface area contributed by atoms with Gasteiger partial charge in [0.05, 0.1) is 15.5 Å². The van der Waals surface area contributed by atoms with Gasteiger partial charge < -0.3 is 5.32 Å². The highest BCUT2D eigenvalue weighted by Gasteiger charge is 2.19. The van der Waals surface area contributed by atoms with Crippen LogP contribution in [0.5, 0.6) is 0 Å². The van der Waals surface area contributed by atoms with Gasteiger partial charge in [-0.05, 0) is 42.8 Å². The highest BCUT2D eigenvalue weighted by atomic mass is 35.5. The van der Waals surface area contributed by atoms with E-state index in [1.165, 1.54) is 18.2 Å². The molecule has 2 aromatic carbocycles. The van der Waals surface area contributed by atoms with Crippen molar-refractivity contribution in [2.24, 2.45) is 0 Å². The van der Waals surface area contributed by atoms with Gasteiger partial charge in [0.15, 0.2) is 0 Å². The van der Waals surface area contributed by atoms with E-state index >= 15 is 0 Å². The molecule has 0 saturated carbocycles. The molecule has 8 heteroatoms. The number of rotatable bonds is 6. The van der Waals surface area contributed by atoms with E-state index in [4.69, 9.17) is 16.9 Å². The zero-order valence-electron chi connectivity index (χ0n) is 14.3. The van der Waals surface area contributed by atoms with Crippen LogP contribution >= 0.6 is 11.6 Å². The summed E-state index contributed by atoms with van der Waals surface area (Å²) in [5.41, 5.74) is 1.60. The van der Waals surface area contributed by atoms with Crippen molar-refractivity contribution >= 4 is 33.2 Å². The second kappa shape index (κ2) is 8.32. The molecule has 1 unspecified atom stereocenters. The molecule has 6 nitrogen and oxygen atoms in total. The first-order valence-electron chi connectivity index (χ1n) is 7.88. The van der Waals surface area contributed by atoms with Gasteiger partial charge in [-0.1, -0.05) is 30.7 Å². The van der Waals surface area contributed by atoms with Crippen LogP contribution in [0.3, 0.4) is 0 Å². The van der Waals surface area contributed by atoms with Crippen molar-refractivity contribution in [2.45, 2.75) is 31.2 Å². The number of nitrogens with zero attached hydrogens (tertiary/aromatic N) is 1. The Kier molecular flexibility index (Phi) is 6.37. The molecule has 136 valence electrons. The summed E-state index contributed by atoms with van der Waals surface area (Å²) in [6.07, 6.45) is 0.380. The topological polar surface area (TPSA) is 99.1 Å². The predicted octanol–water partition coefficient (Wildman–Crippen LogP) is 3.60. The second-order valence-corrected chi connectivity index (χ2v) is 7.74. The van der Waals surface area contributed by atoms with Gasteiger partial charge in [-0.25, -0.2) is 13.1 Å². The molecule has 0 aliphatic heterocycles. The molecule has 0 bridgehead atoms. The summed E-state index contributed by atoms with van der Waals surface area (Å²) in [6, 6.07) is 12.3. The quantitative estimate of drug-likeness (QED) is 0.785. The van der Waals surface area contributed by atoms with Gasteiger partial charge in [0.2, 0.25) is 15.9 Å². The molecule has 2 aromatic rings. The first kappa shape index (κ1) is 19.9. The number of nitriles is 1. The molecule has 0 heterocycles. The van der Waals surface area contributed by atoms with E-state index in [0.29, 0.717) is 12.1 Å². The van der Waals surface area contributed by atoms with Crippen LogP contribution < -0.4 is 10.0 Å². The normalized spacial score (nSPS) is 12.2. The number of halogens is 1. The summed E-state index contributed by atoms with van der Waals surface area (Å²) < 4.78 is 27.6. The van der Waals surface area contributed by atoms with Crippen molar-refractivity contribution < 1.29 is 13.2 Å². The van der Waals surface area contributed by atoms with Gasteiger partial charge in [0, 0.05) is 18.2 Å². The van der Waals surface area contributed by atoms with Crippen LogP contribution in [0.15, 0.2) is 47.4 Å². The lowest BCUT2D eigenvalue weighted by Gasteiger charge is -2.15.